The van der Waals surface area contributed by atoms with Gasteiger partial charge < -0.3 is 19.5 Å². The Hall–Kier alpha value is -3.35. The van der Waals surface area contributed by atoms with Crippen LogP contribution in [0, 0.1) is 0 Å². The summed E-state index contributed by atoms with van der Waals surface area (Å²) >= 11 is 0. The second-order valence-corrected chi connectivity index (χ2v) is 11.0. The van der Waals surface area contributed by atoms with E-state index in [9.17, 15) is 9.59 Å². The Morgan fingerprint density at radius 1 is 0.923 bits per heavy atom. The van der Waals surface area contributed by atoms with Crippen molar-refractivity contribution in [3.8, 4) is 5.75 Å². The van der Waals surface area contributed by atoms with Crippen LogP contribution >= 0.6 is 0 Å². The summed E-state index contributed by atoms with van der Waals surface area (Å²) in [7, 11) is 1.57. The van der Waals surface area contributed by atoms with Crippen LogP contribution in [0.4, 0.5) is 0 Å². The van der Waals surface area contributed by atoms with Crippen molar-refractivity contribution in [2.24, 2.45) is 0 Å². The number of carbonyl (C=O) groups is 2. The van der Waals surface area contributed by atoms with Gasteiger partial charge in [0.1, 0.15) is 18.1 Å². The second kappa shape index (κ2) is 13.1. The first kappa shape index (κ1) is 27.2. The smallest absolute Gasteiger partial charge is 0.255 e. The maximum absolute atomic E-state index is 14.1. The topological polar surface area (TPSA) is 76.5 Å². The molecule has 2 aliphatic carbocycles. The first-order chi connectivity index (χ1) is 19.2. The number of hydrogen-bond acceptors (Lipinski definition) is 4. The molecule has 1 N–H and O–H groups in total. The lowest BCUT2D eigenvalue weighted by atomic mass is 9.88. The molecule has 0 aliphatic heterocycles. The van der Waals surface area contributed by atoms with Crippen molar-refractivity contribution >= 4 is 22.8 Å². The molecule has 2 amide bonds. The number of nitrogens with zero attached hydrogens (tertiary/aromatic N) is 3. The number of imidazole rings is 1. The van der Waals surface area contributed by atoms with Crippen LogP contribution in [-0.4, -0.2) is 52.0 Å². The number of rotatable bonds is 10. The van der Waals surface area contributed by atoms with Gasteiger partial charge in [-0.2, -0.15) is 0 Å². The summed E-state index contributed by atoms with van der Waals surface area (Å²) in [4.78, 5) is 34.0. The van der Waals surface area contributed by atoms with Gasteiger partial charge in [-0.05, 0) is 56.4 Å². The number of hydrogen-bond donors (Lipinski definition) is 1. The largest absolute Gasteiger partial charge is 0.496 e. The molecular formula is C32H42N4O3. The van der Waals surface area contributed by atoms with Crippen molar-refractivity contribution in [1.82, 2.24) is 19.8 Å². The molecule has 1 heterocycles. The maximum Gasteiger partial charge on any atom is 0.255 e. The van der Waals surface area contributed by atoms with Crippen molar-refractivity contribution in [3.05, 3.63) is 59.9 Å². The number of amides is 2. The van der Waals surface area contributed by atoms with E-state index in [0.717, 1.165) is 49.0 Å². The van der Waals surface area contributed by atoms with Crippen LogP contribution in [0.1, 0.15) is 86.8 Å². The molecule has 2 aliphatic rings. The molecule has 0 atom stereocenters. The fraction of sp³-hybridized carbons (Fsp3) is 0.531. The van der Waals surface area contributed by atoms with Gasteiger partial charge in [-0.15, -0.1) is 0 Å². The van der Waals surface area contributed by atoms with Crippen LogP contribution in [0.2, 0.25) is 0 Å². The van der Waals surface area contributed by atoms with Crippen LogP contribution in [0.5, 0.6) is 5.75 Å². The zero-order chi connectivity index (χ0) is 27.0. The van der Waals surface area contributed by atoms with Crippen LogP contribution in [0.3, 0.4) is 0 Å². The molecule has 2 saturated carbocycles. The Balaban J connectivity index is 1.29. The van der Waals surface area contributed by atoms with Crippen LogP contribution < -0.4 is 10.1 Å². The first-order valence-corrected chi connectivity index (χ1v) is 14.8. The summed E-state index contributed by atoms with van der Waals surface area (Å²) in [6.45, 7) is 0.848. The summed E-state index contributed by atoms with van der Waals surface area (Å²) in [5.74, 6) is 1.56. The number of para-hydroxylation sites is 3. The number of ether oxygens (including phenoxy) is 1. The standard InChI is InChI=1S/C32H42N4O3/c1-39-29-20-11-8-17-26(29)32(38)33-22-12-21-30-34-27-18-9-10-19-28(27)35(30)23-31(37)36(24-13-4-2-5-14-24)25-15-6-3-7-16-25/h8-11,17-20,24-25H,2-7,12-16,21-23H2,1H3,(H,33,38). The number of nitrogens with one attached hydrogen (secondary N) is 1. The van der Waals surface area contributed by atoms with E-state index in [0.29, 0.717) is 42.9 Å². The summed E-state index contributed by atoms with van der Waals surface area (Å²) in [5.41, 5.74) is 2.45. The highest BCUT2D eigenvalue weighted by atomic mass is 16.5. The summed E-state index contributed by atoms with van der Waals surface area (Å²) in [5, 5.41) is 3.01. The van der Waals surface area contributed by atoms with Gasteiger partial charge >= 0.3 is 0 Å². The number of aryl methyl sites for hydroxylation is 1. The third-order valence-corrected chi connectivity index (χ3v) is 8.47. The number of carbonyl (C=O) groups excluding carboxylic acids is 2. The van der Waals surface area contributed by atoms with E-state index in [1.807, 2.05) is 30.3 Å². The Labute approximate surface area is 231 Å². The summed E-state index contributed by atoms with van der Waals surface area (Å²) in [6, 6.07) is 16.1. The molecule has 7 heteroatoms. The molecule has 0 unspecified atom stereocenters. The summed E-state index contributed by atoms with van der Waals surface area (Å²) < 4.78 is 7.45. The number of aromatic nitrogens is 2. The molecule has 2 fully saturated rings. The van der Waals surface area contributed by atoms with E-state index >= 15 is 0 Å². The van der Waals surface area contributed by atoms with E-state index in [4.69, 9.17) is 9.72 Å². The van der Waals surface area contributed by atoms with Crippen LogP contribution in [0.25, 0.3) is 11.0 Å². The molecule has 2 aromatic carbocycles. The van der Waals surface area contributed by atoms with E-state index in [1.165, 1.54) is 38.5 Å². The Morgan fingerprint density at radius 3 is 2.26 bits per heavy atom. The molecular weight excluding hydrogens is 488 g/mol. The minimum Gasteiger partial charge on any atom is -0.496 e. The molecule has 0 spiro atoms. The predicted molar refractivity (Wildman–Crippen MR) is 154 cm³/mol. The third kappa shape index (κ3) is 6.45. The normalized spacial score (nSPS) is 16.7. The quantitative estimate of drug-likeness (QED) is 0.331. The lowest BCUT2D eigenvalue weighted by Gasteiger charge is -2.42. The van der Waals surface area contributed by atoms with E-state index in [2.05, 4.69) is 20.9 Å². The Kier molecular flexibility index (Phi) is 9.17. The fourth-order valence-electron chi connectivity index (χ4n) is 6.51. The van der Waals surface area contributed by atoms with Crippen molar-refractivity contribution in [3.63, 3.8) is 0 Å². The Bertz CT molecular complexity index is 1240. The van der Waals surface area contributed by atoms with Gasteiger partial charge in [-0.3, -0.25) is 9.59 Å². The minimum atomic E-state index is -0.147. The van der Waals surface area contributed by atoms with Crippen molar-refractivity contribution in [2.75, 3.05) is 13.7 Å². The molecule has 3 aromatic rings. The van der Waals surface area contributed by atoms with E-state index in [1.54, 1.807) is 19.2 Å². The van der Waals surface area contributed by atoms with Gasteiger partial charge in [0, 0.05) is 25.0 Å². The monoisotopic (exact) mass is 530 g/mol. The van der Waals surface area contributed by atoms with Crippen molar-refractivity contribution in [1.29, 1.82) is 0 Å². The molecule has 5 rings (SSSR count). The SMILES string of the molecule is COc1ccccc1C(=O)NCCCc1nc2ccccc2n1CC(=O)N(C1CCCCC1)C1CCCCC1. The zero-order valence-electron chi connectivity index (χ0n) is 23.2. The molecule has 7 nitrogen and oxygen atoms in total. The zero-order valence-corrected chi connectivity index (χ0v) is 23.2. The minimum absolute atomic E-state index is 0.147. The van der Waals surface area contributed by atoms with Crippen molar-refractivity contribution in [2.45, 2.75) is 95.7 Å². The molecule has 39 heavy (non-hydrogen) atoms. The number of fused-ring (bicyclic) bond motifs is 1. The predicted octanol–water partition coefficient (Wildman–Crippen LogP) is 5.90. The van der Waals surface area contributed by atoms with Gasteiger partial charge in [0.05, 0.1) is 23.7 Å². The third-order valence-electron chi connectivity index (χ3n) is 8.47. The highest BCUT2D eigenvalue weighted by Gasteiger charge is 2.33. The maximum atomic E-state index is 14.1. The lowest BCUT2D eigenvalue weighted by Crippen LogP contribution is -2.50. The fourth-order valence-corrected chi connectivity index (χ4v) is 6.51. The molecule has 1 aromatic heterocycles. The molecule has 0 bridgehead atoms. The molecule has 0 radical (unpaired) electrons. The highest BCUT2D eigenvalue weighted by Crippen LogP contribution is 2.31. The van der Waals surface area contributed by atoms with E-state index in [-0.39, 0.29) is 11.8 Å². The lowest BCUT2D eigenvalue weighted by molar-refractivity contribution is -0.138. The van der Waals surface area contributed by atoms with Gasteiger partial charge in [0.25, 0.3) is 5.91 Å². The molecule has 208 valence electrons. The average Bonchev–Trinajstić information content (AvgIpc) is 3.33. The van der Waals surface area contributed by atoms with Crippen LogP contribution in [0.15, 0.2) is 48.5 Å². The van der Waals surface area contributed by atoms with Gasteiger partial charge in [0.2, 0.25) is 5.91 Å². The number of methoxy groups -OCH3 is 1. The van der Waals surface area contributed by atoms with Crippen molar-refractivity contribution < 1.29 is 14.3 Å². The van der Waals surface area contributed by atoms with E-state index < -0.39 is 0 Å². The van der Waals surface area contributed by atoms with Gasteiger partial charge in [-0.25, -0.2) is 4.98 Å². The highest BCUT2D eigenvalue weighted by molar-refractivity contribution is 5.96. The average molecular weight is 531 g/mol. The van der Waals surface area contributed by atoms with Gasteiger partial charge in [-0.1, -0.05) is 62.8 Å². The molecule has 0 saturated heterocycles. The Morgan fingerprint density at radius 2 is 1.56 bits per heavy atom. The number of benzene rings is 2. The van der Waals surface area contributed by atoms with Crippen LogP contribution in [-0.2, 0) is 17.8 Å². The van der Waals surface area contributed by atoms with Gasteiger partial charge in [0.15, 0.2) is 0 Å². The first-order valence-electron chi connectivity index (χ1n) is 14.8. The second-order valence-electron chi connectivity index (χ2n) is 11.0. The summed E-state index contributed by atoms with van der Waals surface area (Å²) in [6.07, 6.45) is 13.4.